The largest absolute Gasteiger partial charge is 0.457 e. The molecule has 2 nitrogen and oxygen atoms in total. The van der Waals surface area contributed by atoms with Crippen molar-refractivity contribution in [3.8, 4) is 11.5 Å². The molecule has 0 aromatic heterocycles. The Balaban J connectivity index is 2.30. The minimum atomic E-state index is -0.625. The Labute approximate surface area is 99.3 Å². The Morgan fingerprint density at radius 2 is 1.88 bits per heavy atom. The zero-order chi connectivity index (χ0) is 12.3. The lowest BCUT2D eigenvalue weighted by Crippen LogP contribution is -1.95. The third-order valence-corrected chi connectivity index (χ3v) is 2.39. The van der Waals surface area contributed by atoms with Crippen LogP contribution in [0.2, 0.25) is 0 Å². The van der Waals surface area contributed by atoms with Gasteiger partial charge in [0.25, 0.3) is 0 Å². The fourth-order valence-electron chi connectivity index (χ4n) is 1.58. The van der Waals surface area contributed by atoms with Crippen LogP contribution in [-0.4, -0.2) is 5.11 Å². The van der Waals surface area contributed by atoms with Crippen LogP contribution >= 0.6 is 0 Å². The zero-order valence-electron chi connectivity index (χ0n) is 9.43. The summed E-state index contributed by atoms with van der Waals surface area (Å²) in [7, 11) is 0. The number of hydrogen-bond acceptors (Lipinski definition) is 2. The standard InChI is InChI=1S/C14H13FO2/c1-10(16)13-7-2-3-8-14(13)17-12-6-4-5-11(15)9-12/h2-10,16H,1H3. The van der Waals surface area contributed by atoms with Crippen molar-refractivity contribution < 1.29 is 14.2 Å². The van der Waals surface area contributed by atoms with E-state index in [1.165, 1.54) is 12.1 Å². The number of aliphatic hydroxyl groups is 1. The number of benzene rings is 2. The van der Waals surface area contributed by atoms with Gasteiger partial charge in [-0.05, 0) is 25.1 Å². The van der Waals surface area contributed by atoms with E-state index in [1.54, 1.807) is 37.3 Å². The number of rotatable bonds is 3. The summed E-state index contributed by atoms with van der Waals surface area (Å²) in [5.74, 6) is 0.600. The summed E-state index contributed by atoms with van der Waals surface area (Å²) in [5.41, 5.74) is 0.678. The smallest absolute Gasteiger partial charge is 0.133 e. The molecule has 3 heteroatoms. The highest BCUT2D eigenvalue weighted by molar-refractivity contribution is 5.38. The second-order valence-electron chi connectivity index (χ2n) is 3.77. The predicted molar refractivity (Wildman–Crippen MR) is 63.5 cm³/mol. The lowest BCUT2D eigenvalue weighted by molar-refractivity contribution is 0.195. The van der Waals surface area contributed by atoms with E-state index in [9.17, 15) is 9.50 Å². The van der Waals surface area contributed by atoms with Gasteiger partial charge in [-0.25, -0.2) is 4.39 Å². The maximum Gasteiger partial charge on any atom is 0.133 e. The molecule has 0 radical (unpaired) electrons. The molecule has 2 aromatic rings. The van der Waals surface area contributed by atoms with E-state index in [0.717, 1.165) is 0 Å². The molecule has 0 aliphatic rings. The van der Waals surface area contributed by atoms with Gasteiger partial charge in [-0.2, -0.15) is 0 Å². The number of aliphatic hydroxyl groups excluding tert-OH is 1. The van der Waals surface area contributed by atoms with Crippen molar-refractivity contribution in [2.24, 2.45) is 0 Å². The predicted octanol–water partition coefficient (Wildman–Crippen LogP) is 3.67. The third kappa shape index (κ3) is 2.82. The van der Waals surface area contributed by atoms with Crippen molar-refractivity contribution in [3.05, 3.63) is 59.9 Å². The molecule has 2 rings (SSSR count). The molecule has 0 bridgehead atoms. The minimum absolute atomic E-state index is 0.350. The first-order valence-electron chi connectivity index (χ1n) is 5.37. The molecule has 0 fully saturated rings. The monoisotopic (exact) mass is 232 g/mol. The highest BCUT2D eigenvalue weighted by Crippen LogP contribution is 2.29. The van der Waals surface area contributed by atoms with Crippen LogP contribution in [0, 0.1) is 5.82 Å². The molecule has 0 amide bonds. The first-order chi connectivity index (χ1) is 8.16. The normalized spacial score (nSPS) is 12.2. The maximum absolute atomic E-state index is 13.0. The summed E-state index contributed by atoms with van der Waals surface area (Å²) in [4.78, 5) is 0. The van der Waals surface area contributed by atoms with Crippen molar-refractivity contribution in [3.63, 3.8) is 0 Å². The molecule has 0 aliphatic carbocycles. The maximum atomic E-state index is 13.0. The molecule has 0 aliphatic heterocycles. The van der Waals surface area contributed by atoms with Gasteiger partial charge in [0.1, 0.15) is 17.3 Å². The van der Waals surface area contributed by atoms with E-state index in [4.69, 9.17) is 4.74 Å². The van der Waals surface area contributed by atoms with Crippen molar-refractivity contribution in [1.82, 2.24) is 0 Å². The highest BCUT2D eigenvalue weighted by atomic mass is 19.1. The summed E-state index contributed by atoms with van der Waals surface area (Å²) in [5, 5.41) is 9.58. The van der Waals surface area contributed by atoms with Gasteiger partial charge in [0.05, 0.1) is 6.10 Å². The molecule has 2 aromatic carbocycles. The SMILES string of the molecule is CC(O)c1ccccc1Oc1cccc(F)c1. The number of para-hydroxylation sites is 1. The van der Waals surface area contributed by atoms with Gasteiger partial charge >= 0.3 is 0 Å². The third-order valence-electron chi connectivity index (χ3n) is 2.39. The fraction of sp³-hybridized carbons (Fsp3) is 0.143. The van der Waals surface area contributed by atoms with Crippen LogP contribution in [0.4, 0.5) is 4.39 Å². The molecule has 0 saturated carbocycles. The summed E-state index contributed by atoms with van der Waals surface area (Å²) in [6, 6.07) is 13.1. The van der Waals surface area contributed by atoms with E-state index in [2.05, 4.69) is 0 Å². The lowest BCUT2D eigenvalue weighted by Gasteiger charge is -2.12. The Bertz CT molecular complexity index is 509. The zero-order valence-corrected chi connectivity index (χ0v) is 9.43. The second-order valence-corrected chi connectivity index (χ2v) is 3.77. The Morgan fingerprint density at radius 1 is 1.12 bits per heavy atom. The Hall–Kier alpha value is -1.87. The summed E-state index contributed by atoms with van der Waals surface area (Å²) in [6.07, 6.45) is -0.625. The molecule has 0 saturated heterocycles. The van der Waals surface area contributed by atoms with Gasteiger partial charge in [0.15, 0.2) is 0 Å². The van der Waals surface area contributed by atoms with Crippen molar-refractivity contribution in [2.45, 2.75) is 13.0 Å². The lowest BCUT2D eigenvalue weighted by atomic mass is 10.1. The molecule has 0 heterocycles. The molecule has 88 valence electrons. The average molecular weight is 232 g/mol. The minimum Gasteiger partial charge on any atom is -0.457 e. The van der Waals surface area contributed by atoms with E-state index < -0.39 is 6.10 Å². The summed E-state index contributed by atoms with van der Waals surface area (Å²) in [6.45, 7) is 1.66. The van der Waals surface area contributed by atoms with E-state index in [1.807, 2.05) is 6.07 Å². The highest BCUT2D eigenvalue weighted by Gasteiger charge is 2.09. The van der Waals surface area contributed by atoms with Gasteiger partial charge in [0.2, 0.25) is 0 Å². The van der Waals surface area contributed by atoms with Crippen LogP contribution < -0.4 is 4.74 Å². The molecule has 1 N–H and O–H groups in total. The number of halogens is 1. The Kier molecular flexibility index (Phi) is 3.40. The van der Waals surface area contributed by atoms with E-state index in [-0.39, 0.29) is 5.82 Å². The van der Waals surface area contributed by atoms with E-state index >= 15 is 0 Å². The quantitative estimate of drug-likeness (QED) is 0.874. The first kappa shape index (κ1) is 11.6. The van der Waals surface area contributed by atoms with Crippen molar-refractivity contribution >= 4 is 0 Å². The van der Waals surface area contributed by atoms with Gasteiger partial charge in [-0.1, -0.05) is 24.3 Å². The summed E-state index contributed by atoms with van der Waals surface area (Å²) < 4.78 is 18.6. The molecule has 17 heavy (non-hydrogen) atoms. The number of hydrogen-bond donors (Lipinski definition) is 1. The van der Waals surface area contributed by atoms with Crippen LogP contribution in [0.1, 0.15) is 18.6 Å². The molecular formula is C14H13FO2. The van der Waals surface area contributed by atoms with Gasteiger partial charge in [0, 0.05) is 11.6 Å². The van der Waals surface area contributed by atoms with Crippen LogP contribution in [0.25, 0.3) is 0 Å². The topological polar surface area (TPSA) is 29.5 Å². The fourth-order valence-corrected chi connectivity index (χ4v) is 1.58. The van der Waals surface area contributed by atoms with Gasteiger partial charge < -0.3 is 9.84 Å². The van der Waals surface area contributed by atoms with Crippen molar-refractivity contribution in [2.75, 3.05) is 0 Å². The van der Waals surface area contributed by atoms with Crippen molar-refractivity contribution in [1.29, 1.82) is 0 Å². The summed E-state index contributed by atoms with van der Waals surface area (Å²) >= 11 is 0. The van der Waals surface area contributed by atoms with Crippen LogP contribution in [0.5, 0.6) is 11.5 Å². The van der Waals surface area contributed by atoms with Gasteiger partial charge in [-0.15, -0.1) is 0 Å². The van der Waals surface area contributed by atoms with Crippen LogP contribution in [0.3, 0.4) is 0 Å². The molecule has 1 atom stereocenters. The molecular weight excluding hydrogens is 219 g/mol. The Morgan fingerprint density at radius 3 is 2.59 bits per heavy atom. The van der Waals surface area contributed by atoms with Gasteiger partial charge in [-0.3, -0.25) is 0 Å². The molecule has 1 unspecified atom stereocenters. The van der Waals surface area contributed by atoms with Crippen LogP contribution in [-0.2, 0) is 0 Å². The van der Waals surface area contributed by atoms with Crippen LogP contribution in [0.15, 0.2) is 48.5 Å². The first-order valence-corrected chi connectivity index (χ1v) is 5.37. The average Bonchev–Trinajstić information content (AvgIpc) is 2.29. The van der Waals surface area contributed by atoms with E-state index in [0.29, 0.717) is 17.1 Å². The second kappa shape index (κ2) is 4.97. The number of ether oxygens (including phenoxy) is 1. The molecule has 0 spiro atoms.